The van der Waals surface area contributed by atoms with Crippen LogP contribution in [0.5, 0.6) is 5.75 Å². The zero-order valence-electron chi connectivity index (χ0n) is 26.8. The molecule has 17 nitrogen and oxygen atoms in total. The van der Waals surface area contributed by atoms with Crippen molar-refractivity contribution < 1.29 is 53.9 Å². The molecule has 2 aromatic carbocycles. The summed E-state index contributed by atoms with van der Waals surface area (Å²) in [6.45, 7) is -0.533. The van der Waals surface area contributed by atoms with E-state index in [0.717, 1.165) is 10.9 Å². The van der Waals surface area contributed by atoms with Crippen LogP contribution in [0.2, 0.25) is 0 Å². The second-order valence-electron chi connectivity index (χ2n) is 11.6. The van der Waals surface area contributed by atoms with Crippen molar-refractivity contribution in [3.63, 3.8) is 0 Å². The van der Waals surface area contributed by atoms with Crippen molar-refractivity contribution >= 4 is 40.7 Å². The van der Waals surface area contributed by atoms with E-state index in [1.54, 1.807) is 30.5 Å². The first-order valence-corrected chi connectivity index (χ1v) is 15.8. The quantitative estimate of drug-likeness (QED) is 0.0625. The Kier molecular flexibility index (Phi) is 12.7. The third-order valence-electron chi connectivity index (χ3n) is 7.98. The van der Waals surface area contributed by atoms with Gasteiger partial charge in [0, 0.05) is 29.9 Å². The lowest BCUT2D eigenvalue weighted by Gasteiger charge is -2.25. The molecule has 17 heteroatoms. The lowest BCUT2D eigenvalue weighted by molar-refractivity contribution is -0.147. The van der Waals surface area contributed by atoms with Gasteiger partial charge in [0.05, 0.1) is 6.61 Å². The van der Waals surface area contributed by atoms with Gasteiger partial charge in [-0.3, -0.25) is 14.4 Å². The number of aliphatic hydroxyl groups is 3. The summed E-state index contributed by atoms with van der Waals surface area (Å²) >= 11 is 0. The van der Waals surface area contributed by atoms with Gasteiger partial charge in [-0.2, -0.15) is 0 Å². The number of alkyl carbamates (subject to hydrolysis) is 1. The van der Waals surface area contributed by atoms with E-state index in [1.807, 2.05) is 0 Å². The molecule has 5 atom stereocenters. The largest absolute Gasteiger partial charge is 0.508 e. The number of phenolic OH excluding ortho intramolecular Hbond substituents is 1. The van der Waals surface area contributed by atoms with Crippen molar-refractivity contribution in [2.24, 2.45) is 11.5 Å². The number of ether oxygens (including phenoxy) is 2. The SMILES string of the molecule is NCCCC[C@H](NC(=O)[C@H](Cc1ccc(O)cc1)NC(=O)[C@H](Cc1c[nH]c2ccccc12)NC(=O)OC1=C(O)C(=O)OC1C(O)CO)C(N)=O. The van der Waals surface area contributed by atoms with Crippen molar-refractivity contribution in [2.45, 2.75) is 62.4 Å². The normalized spacial score (nSPS) is 16.6. The van der Waals surface area contributed by atoms with Gasteiger partial charge in [0.1, 0.15) is 30.0 Å². The second-order valence-corrected chi connectivity index (χ2v) is 11.6. The zero-order chi connectivity index (χ0) is 36.4. The van der Waals surface area contributed by atoms with Gasteiger partial charge in [-0.05, 0) is 55.1 Å². The molecular weight excluding hydrogens is 656 g/mol. The van der Waals surface area contributed by atoms with Gasteiger partial charge in [0.15, 0.2) is 6.10 Å². The molecule has 4 rings (SSSR count). The molecule has 0 saturated heterocycles. The van der Waals surface area contributed by atoms with Crippen LogP contribution in [0.4, 0.5) is 4.79 Å². The first-order chi connectivity index (χ1) is 23.9. The number of H-pyrrole nitrogens is 1. The van der Waals surface area contributed by atoms with E-state index >= 15 is 0 Å². The molecule has 1 aliphatic heterocycles. The second kappa shape index (κ2) is 17.1. The number of rotatable bonds is 17. The van der Waals surface area contributed by atoms with E-state index in [-0.39, 0.29) is 25.0 Å². The molecule has 12 N–H and O–H groups in total. The predicted molar refractivity (Wildman–Crippen MR) is 176 cm³/mol. The van der Waals surface area contributed by atoms with E-state index in [0.29, 0.717) is 30.5 Å². The summed E-state index contributed by atoms with van der Waals surface area (Å²) in [6.07, 6.45) is -2.12. The number of nitrogens with one attached hydrogen (secondary N) is 4. The standard InChI is InChI=1S/C33H40N6O11/c34-12-4-3-7-22(29(35)44)37-30(45)23(13-17-8-10-19(41)11-9-17)38-31(46)24(14-18-15-36-21-6-2-1-5-20(18)21)39-33(48)50-28-26(43)32(47)49-27(28)25(42)16-40/h1-2,5-6,8-11,15,22-25,27,36,40-43H,3-4,7,12-14,16,34H2,(H2,35,44)(H,37,45)(H,38,46)(H,39,48)/t22-,23-,24-,25?,27?/m0/s1. The highest BCUT2D eigenvalue weighted by Gasteiger charge is 2.42. The number of benzene rings is 2. The number of nitrogens with two attached hydrogens (primary N) is 2. The smallest absolute Gasteiger partial charge is 0.413 e. The monoisotopic (exact) mass is 696 g/mol. The Morgan fingerprint density at radius 2 is 1.58 bits per heavy atom. The number of carbonyl (C=O) groups is 5. The maximum absolute atomic E-state index is 14.0. The van der Waals surface area contributed by atoms with Gasteiger partial charge in [-0.25, -0.2) is 9.59 Å². The number of cyclic esters (lactones) is 1. The van der Waals surface area contributed by atoms with Crippen LogP contribution in [0, 0.1) is 0 Å². The Balaban J connectivity index is 1.61. The molecule has 2 heterocycles. The zero-order valence-corrected chi connectivity index (χ0v) is 26.8. The summed E-state index contributed by atoms with van der Waals surface area (Å²) in [6, 6.07) is 9.19. The fourth-order valence-corrected chi connectivity index (χ4v) is 5.32. The predicted octanol–water partition coefficient (Wildman–Crippen LogP) is -0.614. The number of unbranched alkanes of at least 4 members (excludes halogenated alkanes) is 1. The van der Waals surface area contributed by atoms with E-state index in [9.17, 15) is 44.4 Å². The minimum atomic E-state index is -1.74. The Bertz CT molecular complexity index is 1720. The van der Waals surface area contributed by atoms with Gasteiger partial charge in [0.25, 0.3) is 0 Å². The molecular formula is C33H40N6O11. The molecule has 0 aliphatic carbocycles. The Labute approximate surface area is 285 Å². The van der Waals surface area contributed by atoms with Crippen LogP contribution in [-0.2, 0) is 41.5 Å². The summed E-state index contributed by atoms with van der Waals surface area (Å²) in [7, 11) is 0. The van der Waals surface area contributed by atoms with Crippen molar-refractivity contribution in [1.29, 1.82) is 0 Å². The highest BCUT2D eigenvalue weighted by atomic mass is 16.6. The van der Waals surface area contributed by atoms with Crippen LogP contribution < -0.4 is 27.4 Å². The van der Waals surface area contributed by atoms with Crippen LogP contribution in [0.25, 0.3) is 10.9 Å². The summed E-state index contributed by atoms with van der Waals surface area (Å²) in [5.41, 5.74) is 12.9. The lowest BCUT2D eigenvalue weighted by Crippen LogP contribution is -2.57. The molecule has 0 fully saturated rings. The molecule has 0 radical (unpaired) electrons. The molecule has 268 valence electrons. The molecule has 0 spiro atoms. The van der Waals surface area contributed by atoms with Crippen molar-refractivity contribution in [2.75, 3.05) is 13.2 Å². The molecule has 3 aromatic rings. The number of esters is 1. The first-order valence-electron chi connectivity index (χ1n) is 15.8. The van der Waals surface area contributed by atoms with Gasteiger partial charge in [0.2, 0.25) is 29.2 Å². The van der Waals surface area contributed by atoms with Gasteiger partial charge >= 0.3 is 12.1 Å². The molecule has 1 aliphatic rings. The molecule has 0 saturated carbocycles. The van der Waals surface area contributed by atoms with Gasteiger partial charge < -0.3 is 62.3 Å². The minimum Gasteiger partial charge on any atom is -0.508 e. The molecule has 4 amide bonds. The molecule has 1 aromatic heterocycles. The van der Waals surface area contributed by atoms with E-state index in [1.165, 1.54) is 24.3 Å². The number of aliphatic hydroxyl groups excluding tert-OH is 3. The van der Waals surface area contributed by atoms with E-state index in [2.05, 4.69) is 20.9 Å². The average Bonchev–Trinajstić information content (AvgIpc) is 3.63. The van der Waals surface area contributed by atoms with Gasteiger partial charge in [-0.1, -0.05) is 30.3 Å². The number of primary amides is 1. The Morgan fingerprint density at radius 1 is 0.920 bits per heavy atom. The topological polar surface area (TPSA) is 289 Å². The van der Waals surface area contributed by atoms with Crippen molar-refractivity contribution in [1.82, 2.24) is 20.9 Å². The number of carbonyl (C=O) groups excluding carboxylic acids is 5. The number of aromatic hydroxyl groups is 1. The summed E-state index contributed by atoms with van der Waals surface area (Å²) in [5, 5.41) is 47.5. The lowest BCUT2D eigenvalue weighted by atomic mass is 10.0. The Hall–Kier alpha value is -5.65. The fourth-order valence-electron chi connectivity index (χ4n) is 5.32. The first kappa shape index (κ1) is 37.2. The van der Waals surface area contributed by atoms with E-state index < -0.39 is 78.2 Å². The highest BCUT2D eigenvalue weighted by molar-refractivity contribution is 5.95. The number of phenols is 1. The Morgan fingerprint density at radius 3 is 2.24 bits per heavy atom. The number of para-hydroxylation sites is 1. The maximum atomic E-state index is 14.0. The number of hydrogen-bond donors (Lipinski definition) is 10. The molecule has 2 unspecified atom stereocenters. The summed E-state index contributed by atoms with van der Waals surface area (Å²) in [4.78, 5) is 67.9. The van der Waals surface area contributed by atoms with Crippen LogP contribution in [0.15, 0.2) is 66.2 Å². The summed E-state index contributed by atoms with van der Waals surface area (Å²) < 4.78 is 9.90. The van der Waals surface area contributed by atoms with Crippen LogP contribution in [0.1, 0.15) is 30.4 Å². The number of fused-ring (bicyclic) bond motifs is 1. The van der Waals surface area contributed by atoms with E-state index in [4.69, 9.17) is 20.9 Å². The molecule has 50 heavy (non-hydrogen) atoms. The van der Waals surface area contributed by atoms with Gasteiger partial charge in [-0.15, -0.1) is 0 Å². The number of aromatic amines is 1. The van der Waals surface area contributed by atoms with Crippen LogP contribution in [0.3, 0.4) is 0 Å². The third kappa shape index (κ3) is 9.49. The van der Waals surface area contributed by atoms with Crippen LogP contribution in [-0.4, -0.2) is 98.7 Å². The maximum Gasteiger partial charge on any atom is 0.413 e. The minimum absolute atomic E-state index is 0.0294. The number of aromatic nitrogens is 1. The third-order valence-corrected chi connectivity index (χ3v) is 7.98. The van der Waals surface area contributed by atoms with Crippen LogP contribution >= 0.6 is 0 Å². The number of amides is 4. The average molecular weight is 697 g/mol. The summed E-state index contributed by atoms with van der Waals surface area (Å²) in [5.74, 6) is -5.64. The van der Waals surface area contributed by atoms with Crippen molar-refractivity contribution in [3.8, 4) is 5.75 Å². The number of hydrogen-bond acceptors (Lipinski definition) is 12. The van der Waals surface area contributed by atoms with Crippen molar-refractivity contribution in [3.05, 3.63) is 77.4 Å². The highest BCUT2D eigenvalue weighted by Crippen LogP contribution is 2.25. The fraction of sp³-hybridized carbons (Fsp3) is 0.364. The molecule has 0 bridgehead atoms.